The van der Waals surface area contributed by atoms with Gasteiger partial charge in [0.15, 0.2) is 11.5 Å². The molecule has 0 radical (unpaired) electrons. The van der Waals surface area contributed by atoms with Crippen LogP contribution in [0.2, 0.25) is 0 Å². The van der Waals surface area contributed by atoms with Crippen LogP contribution in [-0.2, 0) is 9.59 Å². The summed E-state index contributed by atoms with van der Waals surface area (Å²) in [6.07, 6.45) is 0. The first-order valence-corrected chi connectivity index (χ1v) is 9.22. The molecule has 0 bridgehead atoms. The maximum absolute atomic E-state index is 12.8. The third kappa shape index (κ3) is 5.25. The van der Waals surface area contributed by atoms with E-state index in [2.05, 4.69) is 16.0 Å². The number of amides is 3. The molecule has 3 amide bonds. The Labute approximate surface area is 168 Å². The Balaban J connectivity index is 1.79. The Bertz CT molecular complexity index is 923. The van der Waals surface area contributed by atoms with Gasteiger partial charge in [0.05, 0.1) is 6.04 Å². The number of hydrogen-bond acceptors (Lipinski definition) is 5. The first-order chi connectivity index (χ1) is 13.8. The van der Waals surface area contributed by atoms with Crippen molar-refractivity contribution < 1.29 is 23.9 Å². The van der Waals surface area contributed by atoms with E-state index in [1.807, 2.05) is 25.1 Å². The van der Waals surface area contributed by atoms with Crippen LogP contribution >= 0.6 is 0 Å². The summed E-state index contributed by atoms with van der Waals surface area (Å²) in [6.45, 7) is 5.60. The number of fused-ring (bicyclic) bond motifs is 1. The van der Waals surface area contributed by atoms with E-state index in [1.54, 1.807) is 18.2 Å². The highest BCUT2D eigenvalue weighted by Crippen LogP contribution is 2.32. The smallest absolute Gasteiger partial charge is 0.251 e. The first-order valence-electron chi connectivity index (χ1n) is 9.22. The van der Waals surface area contributed by atoms with E-state index in [-0.39, 0.29) is 23.8 Å². The Morgan fingerprint density at radius 3 is 2.03 bits per heavy atom. The van der Waals surface area contributed by atoms with Gasteiger partial charge in [-0.25, -0.2) is 0 Å². The number of benzene rings is 2. The monoisotopic (exact) mass is 397 g/mol. The molecule has 0 saturated carbocycles. The zero-order valence-electron chi connectivity index (χ0n) is 16.5. The number of ether oxygens (including phenoxy) is 2. The zero-order chi connectivity index (χ0) is 21.0. The van der Waals surface area contributed by atoms with E-state index in [1.165, 1.54) is 13.8 Å². The molecule has 0 saturated heterocycles. The molecule has 1 unspecified atom stereocenters. The lowest BCUT2D eigenvalue weighted by Gasteiger charge is -2.21. The fraction of sp³-hybridized carbons (Fsp3) is 0.286. The Kier molecular flexibility index (Phi) is 6.01. The lowest BCUT2D eigenvalue weighted by molar-refractivity contribution is -0.115. The highest BCUT2D eigenvalue weighted by Gasteiger charge is 2.17. The molecule has 3 rings (SSSR count). The van der Waals surface area contributed by atoms with Crippen molar-refractivity contribution in [2.24, 2.45) is 0 Å². The van der Waals surface area contributed by atoms with Crippen LogP contribution in [0.15, 0.2) is 36.4 Å². The molecule has 152 valence electrons. The molecule has 0 aliphatic carbocycles. The van der Waals surface area contributed by atoms with Crippen molar-refractivity contribution in [2.45, 2.75) is 26.8 Å². The van der Waals surface area contributed by atoms with Crippen molar-refractivity contribution in [3.05, 3.63) is 47.5 Å². The van der Waals surface area contributed by atoms with Gasteiger partial charge in [0.25, 0.3) is 5.91 Å². The molecule has 2 aromatic carbocycles. The van der Waals surface area contributed by atoms with Crippen LogP contribution in [0, 0.1) is 0 Å². The van der Waals surface area contributed by atoms with Gasteiger partial charge in [-0.1, -0.05) is 6.07 Å². The third-order valence-electron chi connectivity index (χ3n) is 4.25. The summed E-state index contributed by atoms with van der Waals surface area (Å²) < 4.78 is 11.1. The molecule has 0 spiro atoms. The summed E-state index contributed by atoms with van der Waals surface area (Å²) in [5, 5.41) is 8.18. The largest absolute Gasteiger partial charge is 0.486 e. The van der Waals surface area contributed by atoms with Gasteiger partial charge in [0.2, 0.25) is 11.8 Å². The summed E-state index contributed by atoms with van der Waals surface area (Å²) in [6, 6.07) is 9.93. The zero-order valence-corrected chi connectivity index (χ0v) is 16.5. The average molecular weight is 397 g/mol. The van der Waals surface area contributed by atoms with Crippen molar-refractivity contribution in [3.63, 3.8) is 0 Å². The van der Waals surface area contributed by atoms with Crippen molar-refractivity contribution in [3.8, 4) is 11.5 Å². The van der Waals surface area contributed by atoms with E-state index in [9.17, 15) is 14.4 Å². The van der Waals surface area contributed by atoms with Gasteiger partial charge < -0.3 is 25.4 Å². The Morgan fingerprint density at radius 1 is 0.862 bits per heavy atom. The molecule has 1 aliphatic rings. The molecule has 1 atom stereocenters. The van der Waals surface area contributed by atoms with Gasteiger partial charge in [0, 0.05) is 30.8 Å². The van der Waals surface area contributed by atoms with Crippen molar-refractivity contribution in [1.29, 1.82) is 0 Å². The number of rotatable bonds is 5. The highest BCUT2D eigenvalue weighted by atomic mass is 16.6. The second-order valence-electron chi connectivity index (χ2n) is 6.76. The molecule has 0 aromatic heterocycles. The fourth-order valence-corrected chi connectivity index (χ4v) is 3.00. The summed E-state index contributed by atoms with van der Waals surface area (Å²) in [5.74, 6) is 0.435. The summed E-state index contributed by atoms with van der Waals surface area (Å²) in [7, 11) is 0. The molecular weight excluding hydrogens is 374 g/mol. The number of hydrogen-bond donors (Lipinski definition) is 3. The minimum atomic E-state index is -0.341. The van der Waals surface area contributed by atoms with Crippen molar-refractivity contribution in [2.75, 3.05) is 23.8 Å². The lowest BCUT2D eigenvalue weighted by atomic mass is 10.1. The summed E-state index contributed by atoms with van der Waals surface area (Å²) in [4.78, 5) is 35.6. The van der Waals surface area contributed by atoms with Crippen LogP contribution in [0.5, 0.6) is 11.5 Å². The van der Waals surface area contributed by atoms with Crippen LogP contribution < -0.4 is 25.4 Å². The molecule has 29 heavy (non-hydrogen) atoms. The van der Waals surface area contributed by atoms with Crippen LogP contribution in [-0.4, -0.2) is 30.9 Å². The van der Waals surface area contributed by atoms with E-state index in [0.29, 0.717) is 41.7 Å². The van der Waals surface area contributed by atoms with Crippen LogP contribution in [0.1, 0.15) is 42.7 Å². The van der Waals surface area contributed by atoms with Crippen molar-refractivity contribution in [1.82, 2.24) is 5.32 Å². The van der Waals surface area contributed by atoms with Gasteiger partial charge in [-0.05, 0) is 42.8 Å². The molecule has 1 aliphatic heterocycles. The second kappa shape index (κ2) is 8.64. The predicted octanol–water partition coefficient (Wildman–Crippen LogP) is 2.87. The normalized spacial score (nSPS) is 13.2. The number of carbonyl (C=O) groups is 3. The van der Waals surface area contributed by atoms with Gasteiger partial charge >= 0.3 is 0 Å². The molecule has 1 heterocycles. The lowest BCUT2D eigenvalue weighted by Crippen LogP contribution is -2.27. The molecule has 2 aromatic rings. The highest BCUT2D eigenvalue weighted by molar-refractivity contribution is 6.00. The molecule has 8 nitrogen and oxygen atoms in total. The Hall–Kier alpha value is -3.55. The molecular formula is C21H23N3O5. The summed E-state index contributed by atoms with van der Waals surface area (Å²) >= 11 is 0. The molecule has 8 heteroatoms. The number of anilines is 2. The van der Waals surface area contributed by atoms with Crippen LogP contribution in [0.3, 0.4) is 0 Å². The standard InChI is InChI=1S/C21H23N3O5/c1-12(15-4-5-19-20(10-15)29-7-6-28-19)22-21(27)16-8-17(23-13(2)25)11-18(9-16)24-14(3)26/h4-5,8-12H,6-7H2,1-3H3,(H,22,27)(H,23,25)(H,24,26). The molecule has 0 fully saturated rings. The first kappa shape index (κ1) is 20.2. The van der Waals surface area contributed by atoms with Gasteiger partial charge in [-0.3, -0.25) is 14.4 Å². The SMILES string of the molecule is CC(=O)Nc1cc(NC(C)=O)cc(C(=O)NC(C)c2ccc3c(c2)OCCO3)c1. The minimum absolute atomic E-state index is 0.277. The Morgan fingerprint density at radius 2 is 1.45 bits per heavy atom. The topological polar surface area (TPSA) is 106 Å². The summed E-state index contributed by atoms with van der Waals surface area (Å²) in [5.41, 5.74) is 2.01. The number of nitrogens with one attached hydrogen (secondary N) is 3. The van der Waals surface area contributed by atoms with Gasteiger partial charge in [-0.2, -0.15) is 0 Å². The predicted molar refractivity (Wildman–Crippen MR) is 108 cm³/mol. The molecule has 3 N–H and O–H groups in total. The van der Waals surface area contributed by atoms with Crippen LogP contribution in [0.25, 0.3) is 0 Å². The van der Waals surface area contributed by atoms with E-state index in [0.717, 1.165) is 5.56 Å². The van der Waals surface area contributed by atoms with E-state index >= 15 is 0 Å². The fourth-order valence-electron chi connectivity index (χ4n) is 3.00. The van der Waals surface area contributed by atoms with Gasteiger partial charge in [-0.15, -0.1) is 0 Å². The van der Waals surface area contributed by atoms with Crippen molar-refractivity contribution >= 4 is 29.1 Å². The maximum atomic E-state index is 12.8. The maximum Gasteiger partial charge on any atom is 0.251 e. The minimum Gasteiger partial charge on any atom is -0.486 e. The van der Waals surface area contributed by atoms with Gasteiger partial charge in [0.1, 0.15) is 13.2 Å². The quantitative estimate of drug-likeness (QED) is 0.719. The number of carbonyl (C=O) groups excluding carboxylic acids is 3. The average Bonchev–Trinajstić information content (AvgIpc) is 2.66. The van der Waals surface area contributed by atoms with Crippen LogP contribution in [0.4, 0.5) is 11.4 Å². The van der Waals surface area contributed by atoms with E-state index < -0.39 is 0 Å². The second-order valence-corrected chi connectivity index (χ2v) is 6.76. The van der Waals surface area contributed by atoms with E-state index in [4.69, 9.17) is 9.47 Å². The third-order valence-corrected chi connectivity index (χ3v) is 4.25.